The summed E-state index contributed by atoms with van der Waals surface area (Å²) in [6, 6.07) is 8.82. The summed E-state index contributed by atoms with van der Waals surface area (Å²) in [7, 11) is 0. The Balaban J connectivity index is 2.45. The van der Waals surface area contributed by atoms with Crippen LogP contribution in [0.15, 0.2) is 24.3 Å². The van der Waals surface area contributed by atoms with Gasteiger partial charge in [-0.15, -0.1) is 0 Å². The molecule has 2 atom stereocenters. The number of rotatable bonds is 8. The van der Waals surface area contributed by atoms with E-state index in [1.54, 1.807) is 0 Å². The molecule has 20 heavy (non-hydrogen) atoms. The number of hydrogen-bond acceptors (Lipinski definition) is 2. The van der Waals surface area contributed by atoms with E-state index in [1.165, 1.54) is 5.56 Å². The number of nitrogens with one attached hydrogen (secondary N) is 1. The zero-order chi connectivity index (χ0) is 15.1. The van der Waals surface area contributed by atoms with E-state index in [4.69, 9.17) is 0 Å². The number of aliphatic hydroxyl groups excluding tert-OH is 1. The molecular formula is C18H31NO. The molecule has 0 fully saturated rings. The van der Waals surface area contributed by atoms with E-state index in [-0.39, 0.29) is 0 Å². The molecule has 0 aliphatic rings. The van der Waals surface area contributed by atoms with Crippen molar-refractivity contribution in [1.29, 1.82) is 0 Å². The Hall–Kier alpha value is -0.860. The highest BCUT2D eigenvalue weighted by molar-refractivity contribution is 5.24. The molecule has 0 aliphatic carbocycles. The van der Waals surface area contributed by atoms with Crippen molar-refractivity contribution in [2.45, 2.75) is 59.6 Å². The molecule has 2 nitrogen and oxygen atoms in total. The Bertz CT molecular complexity index is 370. The van der Waals surface area contributed by atoms with Gasteiger partial charge in [0.05, 0.1) is 6.10 Å². The van der Waals surface area contributed by atoms with Crippen LogP contribution in [0.1, 0.15) is 58.3 Å². The maximum absolute atomic E-state index is 10.2. The predicted molar refractivity (Wildman–Crippen MR) is 86.9 cm³/mol. The van der Waals surface area contributed by atoms with E-state index in [1.807, 2.05) is 0 Å². The Morgan fingerprint density at radius 3 is 2.05 bits per heavy atom. The van der Waals surface area contributed by atoms with Gasteiger partial charge in [0.15, 0.2) is 0 Å². The highest BCUT2D eigenvalue weighted by Crippen LogP contribution is 2.16. The van der Waals surface area contributed by atoms with Gasteiger partial charge in [-0.05, 0) is 42.7 Å². The van der Waals surface area contributed by atoms with Gasteiger partial charge in [0.25, 0.3) is 0 Å². The van der Waals surface area contributed by atoms with Gasteiger partial charge in [-0.25, -0.2) is 0 Å². The van der Waals surface area contributed by atoms with Crippen LogP contribution in [-0.4, -0.2) is 17.7 Å². The monoisotopic (exact) mass is 277 g/mol. The van der Waals surface area contributed by atoms with Gasteiger partial charge >= 0.3 is 0 Å². The quantitative estimate of drug-likeness (QED) is 0.754. The maximum Gasteiger partial charge on any atom is 0.0914 e. The van der Waals surface area contributed by atoms with Crippen LogP contribution in [0.25, 0.3) is 0 Å². The SMILES string of the molecule is CC(C)Cc1ccc(C(O)CNC(C)CC(C)C)cc1. The van der Waals surface area contributed by atoms with Crippen LogP contribution in [0.4, 0.5) is 0 Å². The molecule has 1 rings (SSSR count). The van der Waals surface area contributed by atoms with Crippen molar-refractivity contribution in [2.75, 3.05) is 6.54 Å². The largest absolute Gasteiger partial charge is 0.387 e. The summed E-state index contributed by atoms with van der Waals surface area (Å²) in [5, 5.41) is 13.6. The van der Waals surface area contributed by atoms with Gasteiger partial charge < -0.3 is 10.4 Å². The fourth-order valence-electron chi connectivity index (χ4n) is 2.57. The summed E-state index contributed by atoms with van der Waals surface area (Å²) in [6.45, 7) is 11.7. The van der Waals surface area contributed by atoms with E-state index >= 15 is 0 Å². The lowest BCUT2D eigenvalue weighted by molar-refractivity contribution is 0.169. The second-order valence-corrected chi connectivity index (χ2v) is 6.79. The summed E-state index contributed by atoms with van der Waals surface area (Å²) in [4.78, 5) is 0. The lowest BCUT2D eigenvalue weighted by Gasteiger charge is -2.19. The first-order chi connectivity index (χ1) is 9.38. The molecule has 0 radical (unpaired) electrons. The number of aliphatic hydroxyl groups is 1. The van der Waals surface area contributed by atoms with E-state index < -0.39 is 6.10 Å². The Kier molecular flexibility index (Phi) is 7.25. The van der Waals surface area contributed by atoms with Gasteiger partial charge in [0, 0.05) is 12.6 Å². The lowest BCUT2D eigenvalue weighted by Crippen LogP contribution is -2.31. The standard InChI is InChI=1S/C18H31NO/c1-13(2)10-15(5)19-12-18(20)17-8-6-16(7-9-17)11-14(3)4/h6-9,13-15,18-20H,10-12H2,1-5H3. The molecular weight excluding hydrogens is 246 g/mol. The average molecular weight is 277 g/mol. The summed E-state index contributed by atoms with van der Waals surface area (Å²) in [6.07, 6.45) is 1.82. The molecule has 1 aromatic rings. The van der Waals surface area contributed by atoms with Crippen molar-refractivity contribution in [3.63, 3.8) is 0 Å². The predicted octanol–water partition coefficient (Wildman–Crippen LogP) is 3.94. The summed E-state index contributed by atoms with van der Waals surface area (Å²) < 4.78 is 0. The number of hydrogen-bond donors (Lipinski definition) is 2. The minimum atomic E-state index is -0.419. The van der Waals surface area contributed by atoms with Crippen molar-refractivity contribution >= 4 is 0 Å². The van der Waals surface area contributed by atoms with E-state index in [0.29, 0.717) is 24.4 Å². The third-order valence-electron chi connectivity index (χ3n) is 3.49. The molecule has 0 bridgehead atoms. The highest BCUT2D eigenvalue weighted by Gasteiger charge is 2.10. The fraction of sp³-hybridized carbons (Fsp3) is 0.667. The van der Waals surface area contributed by atoms with Crippen molar-refractivity contribution in [1.82, 2.24) is 5.32 Å². The van der Waals surface area contributed by atoms with Crippen LogP contribution >= 0.6 is 0 Å². The van der Waals surface area contributed by atoms with E-state index in [9.17, 15) is 5.11 Å². The Labute approximate surface area is 124 Å². The van der Waals surface area contributed by atoms with Crippen LogP contribution in [0.2, 0.25) is 0 Å². The maximum atomic E-state index is 10.2. The molecule has 0 aromatic heterocycles. The van der Waals surface area contributed by atoms with E-state index in [0.717, 1.165) is 18.4 Å². The van der Waals surface area contributed by atoms with Crippen LogP contribution in [0.3, 0.4) is 0 Å². The summed E-state index contributed by atoms with van der Waals surface area (Å²) in [5.74, 6) is 1.36. The van der Waals surface area contributed by atoms with Crippen LogP contribution in [0.5, 0.6) is 0 Å². The van der Waals surface area contributed by atoms with Crippen molar-refractivity contribution in [3.8, 4) is 0 Å². The van der Waals surface area contributed by atoms with E-state index in [2.05, 4.69) is 64.2 Å². The van der Waals surface area contributed by atoms with Gasteiger partial charge in [0.2, 0.25) is 0 Å². The summed E-state index contributed by atoms with van der Waals surface area (Å²) >= 11 is 0. The zero-order valence-corrected chi connectivity index (χ0v) is 13.7. The van der Waals surface area contributed by atoms with Crippen molar-refractivity contribution in [2.24, 2.45) is 11.8 Å². The van der Waals surface area contributed by atoms with Crippen LogP contribution in [-0.2, 0) is 6.42 Å². The third kappa shape index (κ3) is 6.53. The van der Waals surface area contributed by atoms with Crippen molar-refractivity contribution in [3.05, 3.63) is 35.4 Å². The third-order valence-corrected chi connectivity index (χ3v) is 3.49. The van der Waals surface area contributed by atoms with Crippen LogP contribution in [0, 0.1) is 11.8 Å². The molecule has 0 aliphatic heterocycles. The second-order valence-electron chi connectivity index (χ2n) is 6.79. The molecule has 0 spiro atoms. The molecule has 0 saturated carbocycles. The smallest absolute Gasteiger partial charge is 0.0914 e. The first-order valence-corrected chi connectivity index (χ1v) is 7.88. The Morgan fingerprint density at radius 2 is 1.55 bits per heavy atom. The van der Waals surface area contributed by atoms with Crippen molar-refractivity contribution < 1.29 is 5.11 Å². The van der Waals surface area contributed by atoms with Gasteiger partial charge in [-0.3, -0.25) is 0 Å². The molecule has 0 amide bonds. The highest BCUT2D eigenvalue weighted by atomic mass is 16.3. The zero-order valence-electron chi connectivity index (χ0n) is 13.7. The average Bonchev–Trinajstić information content (AvgIpc) is 2.35. The first kappa shape index (κ1) is 17.2. The van der Waals surface area contributed by atoms with Gasteiger partial charge in [-0.1, -0.05) is 52.0 Å². The second kappa shape index (κ2) is 8.43. The fourth-order valence-corrected chi connectivity index (χ4v) is 2.57. The Morgan fingerprint density at radius 1 is 0.950 bits per heavy atom. The minimum Gasteiger partial charge on any atom is -0.387 e. The molecule has 114 valence electrons. The molecule has 0 saturated heterocycles. The molecule has 2 unspecified atom stereocenters. The normalized spacial score (nSPS) is 14.8. The molecule has 1 aromatic carbocycles. The summed E-state index contributed by atoms with van der Waals surface area (Å²) in [5.41, 5.74) is 2.35. The minimum absolute atomic E-state index is 0.419. The topological polar surface area (TPSA) is 32.3 Å². The lowest BCUT2D eigenvalue weighted by atomic mass is 10.00. The molecule has 2 heteroatoms. The molecule has 2 N–H and O–H groups in total. The van der Waals surface area contributed by atoms with Gasteiger partial charge in [0.1, 0.15) is 0 Å². The van der Waals surface area contributed by atoms with Crippen LogP contribution < -0.4 is 5.32 Å². The first-order valence-electron chi connectivity index (χ1n) is 7.88. The number of benzene rings is 1. The molecule has 0 heterocycles. The van der Waals surface area contributed by atoms with Gasteiger partial charge in [-0.2, -0.15) is 0 Å².